The van der Waals surface area contributed by atoms with Crippen LogP contribution in [0.1, 0.15) is 32.3 Å². The smallest absolute Gasteiger partial charge is 0.0620 e. The molecular formula is C15H22INO. The molecule has 1 fully saturated rings. The third-order valence-electron chi connectivity index (χ3n) is 3.91. The first kappa shape index (κ1) is 14.3. The summed E-state index contributed by atoms with van der Waals surface area (Å²) in [7, 11) is 0. The Morgan fingerprint density at radius 3 is 2.28 bits per heavy atom. The van der Waals surface area contributed by atoms with Crippen molar-refractivity contribution in [2.45, 2.75) is 38.8 Å². The first-order valence-corrected chi connectivity index (χ1v) is 7.72. The lowest BCUT2D eigenvalue weighted by atomic mass is 9.83. The third kappa shape index (κ3) is 3.93. The van der Waals surface area contributed by atoms with E-state index in [4.69, 9.17) is 0 Å². The fourth-order valence-electron chi connectivity index (χ4n) is 2.65. The van der Waals surface area contributed by atoms with Gasteiger partial charge < -0.3 is 5.11 Å². The van der Waals surface area contributed by atoms with Gasteiger partial charge in [0, 0.05) is 10.1 Å². The molecule has 1 aromatic rings. The number of rotatable bonds is 3. The summed E-state index contributed by atoms with van der Waals surface area (Å²) in [6.45, 7) is 7.11. The lowest BCUT2D eigenvalue weighted by molar-refractivity contribution is -0.0136. The number of aliphatic hydroxyl groups is 1. The first-order chi connectivity index (χ1) is 8.45. The molecule has 0 atom stereocenters. The number of benzene rings is 1. The normalized spacial score (nSPS) is 19.1. The Kier molecular flexibility index (Phi) is 4.67. The summed E-state index contributed by atoms with van der Waals surface area (Å²) in [5.74, 6) is 0.450. The van der Waals surface area contributed by atoms with Gasteiger partial charge in [-0.1, -0.05) is 12.1 Å². The third-order valence-corrected chi connectivity index (χ3v) is 4.63. The predicted octanol–water partition coefficient (Wildman–Crippen LogP) is 3.27. The Morgan fingerprint density at radius 2 is 1.78 bits per heavy atom. The minimum absolute atomic E-state index is 0.450. The summed E-state index contributed by atoms with van der Waals surface area (Å²) in [5, 5.41) is 10.0. The molecule has 1 aliphatic rings. The van der Waals surface area contributed by atoms with Crippen molar-refractivity contribution in [3.8, 4) is 0 Å². The molecule has 0 bridgehead atoms. The first-order valence-electron chi connectivity index (χ1n) is 6.64. The van der Waals surface area contributed by atoms with Crippen molar-refractivity contribution in [3.05, 3.63) is 33.4 Å². The van der Waals surface area contributed by atoms with Crippen LogP contribution in [0.25, 0.3) is 0 Å². The van der Waals surface area contributed by atoms with Crippen LogP contribution in [0.2, 0.25) is 0 Å². The second-order valence-electron chi connectivity index (χ2n) is 5.83. The van der Waals surface area contributed by atoms with Crippen molar-refractivity contribution in [2.24, 2.45) is 5.92 Å². The van der Waals surface area contributed by atoms with E-state index in [1.165, 1.54) is 9.13 Å². The molecule has 0 aromatic heterocycles. The molecule has 0 radical (unpaired) electrons. The van der Waals surface area contributed by atoms with Crippen molar-refractivity contribution in [3.63, 3.8) is 0 Å². The maximum Gasteiger partial charge on any atom is 0.0620 e. The van der Waals surface area contributed by atoms with Crippen molar-refractivity contribution in [1.29, 1.82) is 0 Å². The Hall–Kier alpha value is -0.130. The van der Waals surface area contributed by atoms with Gasteiger partial charge in [-0.05, 0) is 86.0 Å². The molecule has 100 valence electrons. The molecule has 0 amide bonds. The maximum atomic E-state index is 10.0. The fourth-order valence-corrected chi connectivity index (χ4v) is 3.01. The van der Waals surface area contributed by atoms with Crippen molar-refractivity contribution in [2.75, 3.05) is 13.1 Å². The van der Waals surface area contributed by atoms with Gasteiger partial charge in [-0.15, -0.1) is 0 Å². The minimum Gasteiger partial charge on any atom is -0.390 e. The van der Waals surface area contributed by atoms with Crippen LogP contribution in [0, 0.1) is 9.49 Å². The molecule has 1 aliphatic heterocycles. The van der Waals surface area contributed by atoms with Crippen LogP contribution in [0.5, 0.6) is 0 Å². The van der Waals surface area contributed by atoms with Crippen LogP contribution in [0.4, 0.5) is 0 Å². The number of likely N-dealkylation sites (tertiary alicyclic amines) is 1. The Balaban J connectivity index is 1.85. The largest absolute Gasteiger partial charge is 0.390 e. The minimum atomic E-state index is -0.519. The van der Waals surface area contributed by atoms with Crippen molar-refractivity contribution < 1.29 is 5.11 Å². The molecular weight excluding hydrogens is 337 g/mol. The van der Waals surface area contributed by atoms with E-state index in [1.807, 2.05) is 13.8 Å². The van der Waals surface area contributed by atoms with E-state index in [0.29, 0.717) is 5.92 Å². The monoisotopic (exact) mass is 359 g/mol. The second kappa shape index (κ2) is 5.88. The molecule has 0 unspecified atom stereocenters. The zero-order valence-electron chi connectivity index (χ0n) is 11.2. The van der Waals surface area contributed by atoms with Gasteiger partial charge in [0.25, 0.3) is 0 Å². The summed E-state index contributed by atoms with van der Waals surface area (Å²) < 4.78 is 1.29. The van der Waals surface area contributed by atoms with Crippen LogP contribution >= 0.6 is 22.6 Å². The highest BCUT2D eigenvalue weighted by Crippen LogP contribution is 2.28. The Morgan fingerprint density at radius 1 is 1.22 bits per heavy atom. The van der Waals surface area contributed by atoms with E-state index in [1.54, 1.807) is 0 Å². The average Bonchev–Trinajstić information content (AvgIpc) is 2.32. The maximum absolute atomic E-state index is 10.0. The topological polar surface area (TPSA) is 23.5 Å². The number of piperidine rings is 1. The van der Waals surface area contributed by atoms with E-state index in [9.17, 15) is 5.11 Å². The average molecular weight is 359 g/mol. The molecule has 2 nitrogen and oxygen atoms in total. The lowest BCUT2D eigenvalue weighted by Gasteiger charge is -2.37. The lowest BCUT2D eigenvalue weighted by Crippen LogP contribution is -2.41. The standard InChI is InChI=1S/C15H22INO/c1-15(2,18)13-7-9-17(10-8-13)11-12-3-5-14(16)6-4-12/h3-6,13,18H,7-11H2,1-2H3. The van der Waals surface area contributed by atoms with Crippen molar-refractivity contribution in [1.82, 2.24) is 4.90 Å². The number of hydrogen-bond donors (Lipinski definition) is 1. The van der Waals surface area contributed by atoms with E-state index >= 15 is 0 Å². The molecule has 1 heterocycles. The summed E-state index contributed by atoms with van der Waals surface area (Å²) >= 11 is 2.34. The molecule has 2 rings (SSSR count). The summed E-state index contributed by atoms with van der Waals surface area (Å²) in [6, 6.07) is 8.76. The molecule has 1 saturated heterocycles. The van der Waals surface area contributed by atoms with Gasteiger partial charge in [-0.2, -0.15) is 0 Å². The second-order valence-corrected chi connectivity index (χ2v) is 7.08. The molecule has 0 aliphatic carbocycles. The summed E-state index contributed by atoms with van der Waals surface area (Å²) in [6.07, 6.45) is 2.21. The number of nitrogens with zero attached hydrogens (tertiary/aromatic N) is 1. The molecule has 0 spiro atoms. The fraction of sp³-hybridized carbons (Fsp3) is 0.600. The van der Waals surface area contributed by atoms with Crippen LogP contribution in [0.15, 0.2) is 24.3 Å². The van der Waals surface area contributed by atoms with Gasteiger partial charge in [-0.25, -0.2) is 0 Å². The zero-order valence-corrected chi connectivity index (χ0v) is 13.4. The van der Waals surface area contributed by atoms with Crippen LogP contribution < -0.4 is 0 Å². The molecule has 1 aromatic carbocycles. The summed E-state index contributed by atoms with van der Waals surface area (Å²) in [4.78, 5) is 2.49. The molecule has 3 heteroatoms. The highest BCUT2D eigenvalue weighted by atomic mass is 127. The zero-order chi connectivity index (χ0) is 13.2. The molecule has 18 heavy (non-hydrogen) atoms. The van der Waals surface area contributed by atoms with E-state index in [0.717, 1.165) is 32.5 Å². The van der Waals surface area contributed by atoms with Gasteiger partial charge in [0.15, 0.2) is 0 Å². The van der Waals surface area contributed by atoms with Gasteiger partial charge in [0.05, 0.1) is 5.60 Å². The highest BCUT2D eigenvalue weighted by molar-refractivity contribution is 14.1. The van der Waals surface area contributed by atoms with Gasteiger partial charge >= 0.3 is 0 Å². The molecule has 1 N–H and O–H groups in total. The van der Waals surface area contributed by atoms with E-state index < -0.39 is 5.60 Å². The van der Waals surface area contributed by atoms with Crippen LogP contribution in [0.3, 0.4) is 0 Å². The van der Waals surface area contributed by atoms with Gasteiger partial charge in [0.1, 0.15) is 0 Å². The van der Waals surface area contributed by atoms with Crippen molar-refractivity contribution >= 4 is 22.6 Å². The number of halogens is 1. The van der Waals surface area contributed by atoms with E-state index in [2.05, 4.69) is 51.8 Å². The van der Waals surface area contributed by atoms with Crippen LogP contribution in [-0.2, 0) is 6.54 Å². The predicted molar refractivity (Wildman–Crippen MR) is 83.5 cm³/mol. The highest BCUT2D eigenvalue weighted by Gasteiger charge is 2.30. The number of hydrogen-bond acceptors (Lipinski definition) is 2. The summed E-state index contributed by atoms with van der Waals surface area (Å²) in [5.41, 5.74) is 0.867. The van der Waals surface area contributed by atoms with Gasteiger partial charge in [-0.3, -0.25) is 4.90 Å². The van der Waals surface area contributed by atoms with Gasteiger partial charge in [0.2, 0.25) is 0 Å². The Bertz CT molecular complexity index is 374. The van der Waals surface area contributed by atoms with E-state index in [-0.39, 0.29) is 0 Å². The van der Waals surface area contributed by atoms with Crippen LogP contribution in [-0.4, -0.2) is 28.7 Å². The molecule has 0 saturated carbocycles. The quantitative estimate of drug-likeness (QED) is 0.838. The Labute approximate surface area is 124 Å². The SMILES string of the molecule is CC(C)(O)C1CCN(Cc2ccc(I)cc2)CC1.